The molecule has 0 fully saturated rings. The number of aromatic nitrogens is 1. The van der Waals surface area contributed by atoms with Crippen LogP contribution in [0.2, 0.25) is 0 Å². The smallest absolute Gasteiger partial charge is 0.267 e. The number of fused-ring (bicyclic) bond motifs is 1. The molecule has 0 radical (unpaired) electrons. The van der Waals surface area contributed by atoms with Crippen molar-refractivity contribution in [2.75, 3.05) is 5.01 Å². The molecule has 0 saturated carbocycles. The van der Waals surface area contributed by atoms with Crippen LogP contribution >= 0.6 is 0 Å². The second-order valence-electron chi connectivity index (χ2n) is 8.92. The lowest BCUT2D eigenvalue weighted by molar-refractivity contribution is 0.0854. The highest BCUT2D eigenvalue weighted by atomic mass is 16.2. The van der Waals surface area contributed by atoms with Gasteiger partial charge in [-0.25, -0.2) is 4.68 Å². The Morgan fingerprint density at radius 2 is 0.773 bits per heavy atom. The van der Waals surface area contributed by atoms with Crippen molar-refractivity contribution in [2.24, 2.45) is 0 Å². The van der Waals surface area contributed by atoms with Crippen LogP contribution in [-0.4, -0.2) is 16.5 Å². The Morgan fingerprint density at radius 3 is 1.16 bits per heavy atom. The fourth-order valence-corrected chi connectivity index (χ4v) is 5.38. The summed E-state index contributed by atoms with van der Waals surface area (Å²) in [6.45, 7) is 16.0. The molecule has 0 N–H and O–H groups in total. The van der Waals surface area contributed by atoms with E-state index in [1.807, 2.05) is 169 Å². The number of imide groups is 1. The molecule has 0 atom stereocenters. The Balaban J connectivity index is 0.000000615. The number of nitrogens with zero attached hydrogens (tertiary/aromatic N) is 2. The van der Waals surface area contributed by atoms with Crippen LogP contribution < -0.4 is 5.01 Å². The monoisotopic (exact) mass is 584 g/mol. The molecule has 4 heteroatoms. The van der Waals surface area contributed by atoms with Gasteiger partial charge in [-0.15, -0.1) is 0 Å². The fourth-order valence-electron chi connectivity index (χ4n) is 5.38. The largest absolute Gasteiger partial charge is 0.280 e. The molecule has 1 aliphatic rings. The van der Waals surface area contributed by atoms with E-state index in [0.717, 1.165) is 38.7 Å². The van der Waals surface area contributed by atoms with E-state index in [1.165, 1.54) is 5.01 Å². The maximum atomic E-state index is 14.1. The summed E-state index contributed by atoms with van der Waals surface area (Å²) >= 11 is 0. The molecule has 1 aliphatic heterocycles. The normalized spacial score (nSPS) is 11.2. The molecule has 0 unspecified atom stereocenters. The Kier molecular flexibility index (Phi) is 12.2. The molecule has 6 aromatic rings. The summed E-state index contributed by atoms with van der Waals surface area (Å²) in [6.07, 6.45) is 0. The molecule has 0 spiro atoms. The van der Waals surface area contributed by atoms with Crippen LogP contribution in [0.15, 0.2) is 121 Å². The summed E-state index contributed by atoms with van der Waals surface area (Å²) in [5.74, 6) is -0.669. The maximum Gasteiger partial charge on any atom is 0.280 e. The molecule has 2 amide bonds. The van der Waals surface area contributed by atoms with E-state index in [9.17, 15) is 9.59 Å². The van der Waals surface area contributed by atoms with Crippen molar-refractivity contribution in [2.45, 2.75) is 55.4 Å². The van der Waals surface area contributed by atoms with Crippen LogP contribution in [0.3, 0.4) is 0 Å². The topological polar surface area (TPSA) is 42.3 Å². The van der Waals surface area contributed by atoms with Gasteiger partial charge in [0.2, 0.25) is 0 Å². The number of rotatable bonds is 3. The summed E-state index contributed by atoms with van der Waals surface area (Å²) in [6, 6.07) is 39.2. The van der Waals surface area contributed by atoms with Crippen molar-refractivity contribution in [1.82, 2.24) is 4.68 Å². The minimum absolute atomic E-state index is 0.334. The van der Waals surface area contributed by atoms with Gasteiger partial charge in [0.25, 0.3) is 11.8 Å². The molecule has 0 aliphatic carbocycles. The van der Waals surface area contributed by atoms with Gasteiger partial charge in [-0.1, -0.05) is 165 Å². The standard InChI is InChI=1S/C32H20N2O2.4C2H6/c35-31-26-19-9-15-21-16-10-20-27(28(21)26)32(36)34(31)33-29(22-11-3-1-4-12-22)24-17-7-8-18-25(24)30(33)23-13-5-2-6-14-23;4*1-2/h1-20H;4*1-2H3. The highest BCUT2D eigenvalue weighted by molar-refractivity contribution is 6.33. The van der Waals surface area contributed by atoms with Crippen molar-refractivity contribution in [3.63, 3.8) is 0 Å². The van der Waals surface area contributed by atoms with Gasteiger partial charge in [0.05, 0.1) is 22.5 Å². The third-order valence-corrected chi connectivity index (χ3v) is 6.91. The predicted octanol–water partition coefficient (Wildman–Crippen LogP) is 11.2. The fraction of sp³-hybridized carbons (Fsp3) is 0.200. The van der Waals surface area contributed by atoms with Crippen LogP contribution in [0.25, 0.3) is 44.1 Å². The van der Waals surface area contributed by atoms with E-state index >= 15 is 0 Å². The van der Waals surface area contributed by atoms with Crippen LogP contribution in [0.4, 0.5) is 0 Å². The zero-order chi connectivity index (χ0) is 32.2. The van der Waals surface area contributed by atoms with E-state index in [2.05, 4.69) is 0 Å². The van der Waals surface area contributed by atoms with Crippen LogP contribution in [-0.2, 0) is 0 Å². The highest BCUT2D eigenvalue weighted by Crippen LogP contribution is 2.41. The molecular weight excluding hydrogens is 540 g/mol. The van der Waals surface area contributed by atoms with Gasteiger partial charge in [-0.2, -0.15) is 5.01 Å². The van der Waals surface area contributed by atoms with Gasteiger partial charge in [-0.05, 0) is 17.5 Å². The zero-order valence-corrected chi connectivity index (χ0v) is 27.3. The Bertz CT molecular complexity index is 1690. The third kappa shape index (κ3) is 5.93. The summed E-state index contributed by atoms with van der Waals surface area (Å²) in [5.41, 5.74) is 4.51. The molecule has 7 rings (SSSR count). The highest BCUT2D eigenvalue weighted by Gasteiger charge is 2.37. The van der Waals surface area contributed by atoms with E-state index in [-0.39, 0.29) is 11.8 Å². The Morgan fingerprint density at radius 1 is 0.409 bits per heavy atom. The first-order valence-electron chi connectivity index (χ1n) is 15.9. The van der Waals surface area contributed by atoms with Gasteiger partial charge in [0.15, 0.2) is 0 Å². The minimum atomic E-state index is -0.334. The van der Waals surface area contributed by atoms with Gasteiger partial charge < -0.3 is 0 Å². The van der Waals surface area contributed by atoms with Crippen molar-refractivity contribution in [3.8, 4) is 22.5 Å². The molecule has 226 valence electrons. The second-order valence-corrected chi connectivity index (χ2v) is 8.92. The number of carbonyl (C=O) groups is 2. The number of benzene rings is 5. The number of carbonyl (C=O) groups excluding carboxylic acids is 2. The Labute approximate surface area is 262 Å². The van der Waals surface area contributed by atoms with E-state index < -0.39 is 0 Å². The average Bonchev–Trinajstić information content (AvgIpc) is 3.46. The van der Waals surface area contributed by atoms with Crippen molar-refractivity contribution in [3.05, 3.63) is 132 Å². The lowest BCUT2D eigenvalue weighted by atomic mass is 9.95. The molecule has 4 nitrogen and oxygen atoms in total. The number of amides is 2. The molecule has 44 heavy (non-hydrogen) atoms. The first-order valence-corrected chi connectivity index (χ1v) is 15.9. The maximum absolute atomic E-state index is 14.1. The third-order valence-electron chi connectivity index (χ3n) is 6.91. The van der Waals surface area contributed by atoms with Gasteiger partial charge >= 0.3 is 0 Å². The molecule has 5 aromatic carbocycles. The van der Waals surface area contributed by atoms with Crippen LogP contribution in [0, 0.1) is 0 Å². The molecule has 0 saturated heterocycles. The SMILES string of the molecule is CC.CC.CC.CC.O=C1c2cccc3cccc(c23)C(=O)N1n1c(-c2ccccc2)c2ccccc2c1-c1ccccc1. The first-order chi connectivity index (χ1) is 21.7. The molecule has 0 bridgehead atoms. The van der Waals surface area contributed by atoms with Crippen LogP contribution in [0.5, 0.6) is 0 Å². The molecular formula is C40H44N2O2. The van der Waals surface area contributed by atoms with E-state index in [4.69, 9.17) is 0 Å². The van der Waals surface area contributed by atoms with E-state index in [0.29, 0.717) is 16.5 Å². The van der Waals surface area contributed by atoms with Crippen molar-refractivity contribution in [1.29, 1.82) is 0 Å². The quantitative estimate of drug-likeness (QED) is 0.194. The molecule has 2 heterocycles. The summed E-state index contributed by atoms with van der Waals surface area (Å²) < 4.78 is 1.83. The Hall–Kier alpha value is -4.96. The van der Waals surface area contributed by atoms with E-state index in [1.54, 1.807) is 12.1 Å². The van der Waals surface area contributed by atoms with Gasteiger partial charge in [0.1, 0.15) is 0 Å². The number of hydrogen-bond acceptors (Lipinski definition) is 2. The first kappa shape index (κ1) is 33.5. The second kappa shape index (κ2) is 16.0. The lowest BCUT2D eigenvalue weighted by Crippen LogP contribution is -2.48. The summed E-state index contributed by atoms with van der Waals surface area (Å²) in [5, 5.41) is 4.86. The average molecular weight is 585 g/mol. The van der Waals surface area contributed by atoms with Gasteiger partial charge in [-0.3, -0.25) is 9.59 Å². The summed E-state index contributed by atoms with van der Waals surface area (Å²) in [4.78, 5) is 28.3. The van der Waals surface area contributed by atoms with Gasteiger partial charge in [0, 0.05) is 27.3 Å². The van der Waals surface area contributed by atoms with Crippen molar-refractivity contribution < 1.29 is 9.59 Å². The van der Waals surface area contributed by atoms with Crippen molar-refractivity contribution >= 4 is 33.4 Å². The lowest BCUT2D eigenvalue weighted by Gasteiger charge is -2.31. The molecule has 1 aromatic heterocycles. The number of hydrogen-bond donors (Lipinski definition) is 0. The predicted molar refractivity (Wildman–Crippen MR) is 189 cm³/mol. The minimum Gasteiger partial charge on any atom is -0.267 e. The van der Waals surface area contributed by atoms with Crippen LogP contribution in [0.1, 0.15) is 76.1 Å². The zero-order valence-electron chi connectivity index (χ0n) is 27.3. The summed E-state index contributed by atoms with van der Waals surface area (Å²) in [7, 11) is 0.